The first-order valence-corrected chi connectivity index (χ1v) is 9.90. The van der Waals surface area contributed by atoms with Crippen molar-refractivity contribution >= 4 is 41.5 Å². The Bertz CT molecular complexity index is 523. The summed E-state index contributed by atoms with van der Waals surface area (Å²) in [5, 5.41) is 7.24. The van der Waals surface area contributed by atoms with Crippen LogP contribution in [0.4, 0.5) is 0 Å². The first-order valence-electron chi connectivity index (χ1n) is 9.52. The highest BCUT2D eigenvalue weighted by atomic mass is 127. The van der Waals surface area contributed by atoms with Gasteiger partial charge in [-0.3, -0.25) is 4.99 Å². The zero-order valence-corrected chi connectivity index (χ0v) is 19.1. The van der Waals surface area contributed by atoms with Crippen molar-refractivity contribution in [1.29, 1.82) is 0 Å². The van der Waals surface area contributed by atoms with E-state index in [0.29, 0.717) is 5.15 Å². The van der Waals surface area contributed by atoms with Crippen LogP contribution < -0.4 is 10.6 Å². The number of rotatable bonds is 8. The predicted molar refractivity (Wildman–Crippen MR) is 122 cm³/mol. The van der Waals surface area contributed by atoms with E-state index in [1.54, 1.807) is 0 Å². The third-order valence-corrected chi connectivity index (χ3v) is 4.71. The third kappa shape index (κ3) is 9.37. The Kier molecular flexibility index (Phi) is 12.2. The Morgan fingerprint density at radius 1 is 1.38 bits per heavy atom. The fourth-order valence-corrected chi connectivity index (χ4v) is 3.31. The average molecular weight is 494 g/mol. The summed E-state index contributed by atoms with van der Waals surface area (Å²) in [6.45, 7) is 10.7. The van der Waals surface area contributed by atoms with E-state index in [2.05, 4.69) is 34.4 Å². The Morgan fingerprint density at radius 3 is 2.92 bits per heavy atom. The largest absolute Gasteiger partial charge is 0.357 e. The predicted octanol–water partition coefficient (Wildman–Crippen LogP) is 3.57. The van der Waals surface area contributed by atoms with Crippen molar-refractivity contribution < 1.29 is 0 Å². The molecule has 1 aromatic rings. The van der Waals surface area contributed by atoms with Gasteiger partial charge in [0.15, 0.2) is 5.96 Å². The molecule has 26 heavy (non-hydrogen) atoms. The molecule has 1 aromatic heterocycles. The van der Waals surface area contributed by atoms with Crippen molar-refractivity contribution in [3.8, 4) is 0 Å². The fraction of sp³-hybridized carbons (Fsp3) is 0.684. The molecule has 0 saturated carbocycles. The van der Waals surface area contributed by atoms with Crippen LogP contribution in [0.25, 0.3) is 0 Å². The van der Waals surface area contributed by atoms with Gasteiger partial charge in [0.05, 0.1) is 0 Å². The molecule has 2 N–H and O–H groups in total. The number of halogens is 2. The highest BCUT2D eigenvalue weighted by Crippen LogP contribution is 2.15. The topological polar surface area (TPSA) is 52.6 Å². The standard InChI is InChI=1S/C19H32ClN5.HI/c1-3-21-19(23-11-9-17-7-8-18(20)24-14-17)22-10-5-13-25-12-4-6-16(2)15-25;/h7-8,14,16H,3-6,9-13,15H2,1-2H3,(H2,21,22,23);1H. The van der Waals surface area contributed by atoms with Crippen molar-refractivity contribution in [2.75, 3.05) is 39.3 Å². The van der Waals surface area contributed by atoms with Crippen molar-refractivity contribution in [2.24, 2.45) is 10.9 Å². The van der Waals surface area contributed by atoms with Crippen LogP contribution in [0.5, 0.6) is 0 Å². The number of nitrogens with one attached hydrogen (secondary N) is 2. The van der Waals surface area contributed by atoms with Gasteiger partial charge in [-0.05, 0) is 63.2 Å². The van der Waals surface area contributed by atoms with Gasteiger partial charge in [0.1, 0.15) is 5.15 Å². The number of piperidine rings is 1. The summed E-state index contributed by atoms with van der Waals surface area (Å²) in [5.41, 5.74) is 1.17. The maximum absolute atomic E-state index is 5.81. The van der Waals surface area contributed by atoms with E-state index in [1.807, 2.05) is 18.3 Å². The summed E-state index contributed by atoms with van der Waals surface area (Å²) in [6.07, 6.45) is 6.57. The lowest BCUT2D eigenvalue weighted by molar-refractivity contribution is 0.183. The van der Waals surface area contributed by atoms with Gasteiger partial charge in [-0.25, -0.2) is 4.98 Å². The molecular weight excluding hydrogens is 461 g/mol. The number of hydrogen-bond donors (Lipinski definition) is 2. The zero-order valence-electron chi connectivity index (χ0n) is 16.0. The lowest BCUT2D eigenvalue weighted by Gasteiger charge is -2.30. The van der Waals surface area contributed by atoms with Crippen molar-refractivity contribution in [1.82, 2.24) is 20.5 Å². The van der Waals surface area contributed by atoms with E-state index in [0.717, 1.165) is 50.9 Å². The van der Waals surface area contributed by atoms with E-state index in [-0.39, 0.29) is 24.0 Å². The summed E-state index contributed by atoms with van der Waals surface area (Å²) in [7, 11) is 0. The van der Waals surface area contributed by atoms with Gasteiger partial charge in [0, 0.05) is 32.4 Å². The van der Waals surface area contributed by atoms with Gasteiger partial charge in [-0.15, -0.1) is 24.0 Å². The number of hydrogen-bond acceptors (Lipinski definition) is 3. The van der Waals surface area contributed by atoms with Crippen LogP contribution in [-0.4, -0.2) is 55.1 Å². The second kappa shape index (κ2) is 13.6. The summed E-state index contributed by atoms with van der Waals surface area (Å²) in [6, 6.07) is 3.85. The number of likely N-dealkylation sites (tertiary alicyclic amines) is 1. The molecule has 1 atom stereocenters. The number of guanidine groups is 1. The van der Waals surface area contributed by atoms with E-state index < -0.39 is 0 Å². The second-order valence-electron chi connectivity index (χ2n) is 6.83. The van der Waals surface area contributed by atoms with Gasteiger partial charge < -0.3 is 15.5 Å². The summed E-state index contributed by atoms with van der Waals surface area (Å²) >= 11 is 5.81. The average Bonchev–Trinajstić information content (AvgIpc) is 2.60. The fourth-order valence-electron chi connectivity index (χ4n) is 3.20. The second-order valence-corrected chi connectivity index (χ2v) is 7.22. The lowest BCUT2D eigenvalue weighted by Crippen LogP contribution is -2.38. The highest BCUT2D eigenvalue weighted by molar-refractivity contribution is 14.0. The van der Waals surface area contributed by atoms with Gasteiger partial charge >= 0.3 is 0 Å². The van der Waals surface area contributed by atoms with Crippen LogP contribution in [0.15, 0.2) is 23.3 Å². The molecule has 1 saturated heterocycles. The number of pyridine rings is 1. The maximum Gasteiger partial charge on any atom is 0.191 e. The lowest BCUT2D eigenvalue weighted by atomic mass is 10.0. The molecule has 1 aliphatic heterocycles. The number of aromatic nitrogens is 1. The van der Waals surface area contributed by atoms with Crippen LogP contribution >= 0.6 is 35.6 Å². The summed E-state index contributed by atoms with van der Waals surface area (Å²) in [4.78, 5) is 11.4. The molecule has 1 aliphatic rings. The molecule has 1 fully saturated rings. The van der Waals surface area contributed by atoms with E-state index >= 15 is 0 Å². The van der Waals surface area contributed by atoms with E-state index in [9.17, 15) is 0 Å². The van der Waals surface area contributed by atoms with Crippen molar-refractivity contribution in [3.63, 3.8) is 0 Å². The molecule has 0 aliphatic carbocycles. The molecule has 0 spiro atoms. The van der Waals surface area contributed by atoms with E-state index in [4.69, 9.17) is 16.6 Å². The van der Waals surface area contributed by atoms with Crippen LogP contribution in [0.1, 0.15) is 38.7 Å². The Balaban J connectivity index is 0.00000338. The highest BCUT2D eigenvalue weighted by Gasteiger charge is 2.15. The normalized spacial score (nSPS) is 18.3. The Morgan fingerprint density at radius 2 is 2.23 bits per heavy atom. The van der Waals surface area contributed by atoms with E-state index in [1.165, 1.54) is 31.5 Å². The molecular formula is C19H33ClIN5. The SMILES string of the molecule is CCNC(=NCCCN1CCCC(C)C1)NCCc1ccc(Cl)nc1.I. The third-order valence-electron chi connectivity index (χ3n) is 4.48. The Labute approximate surface area is 180 Å². The van der Waals surface area contributed by atoms with Crippen LogP contribution in [-0.2, 0) is 6.42 Å². The molecule has 0 amide bonds. The summed E-state index contributed by atoms with van der Waals surface area (Å²) in [5.74, 6) is 1.75. The van der Waals surface area contributed by atoms with Crippen molar-refractivity contribution in [3.05, 3.63) is 29.0 Å². The molecule has 2 heterocycles. The minimum absolute atomic E-state index is 0. The number of aliphatic imine (C=N–C) groups is 1. The van der Waals surface area contributed by atoms with Gasteiger partial charge in [-0.1, -0.05) is 24.6 Å². The van der Waals surface area contributed by atoms with Crippen LogP contribution in [0.3, 0.4) is 0 Å². The molecule has 148 valence electrons. The van der Waals surface area contributed by atoms with Crippen LogP contribution in [0, 0.1) is 5.92 Å². The Hall–Kier alpha value is -0.600. The van der Waals surface area contributed by atoms with Gasteiger partial charge in [0.2, 0.25) is 0 Å². The van der Waals surface area contributed by atoms with Gasteiger partial charge in [0.25, 0.3) is 0 Å². The molecule has 5 nitrogen and oxygen atoms in total. The molecule has 0 bridgehead atoms. The first kappa shape index (κ1) is 23.4. The zero-order chi connectivity index (χ0) is 17.9. The first-order chi connectivity index (χ1) is 12.2. The minimum Gasteiger partial charge on any atom is -0.357 e. The smallest absolute Gasteiger partial charge is 0.191 e. The molecule has 0 radical (unpaired) electrons. The molecule has 7 heteroatoms. The number of nitrogens with zero attached hydrogens (tertiary/aromatic N) is 3. The minimum atomic E-state index is 0. The molecule has 0 aromatic carbocycles. The molecule has 1 unspecified atom stereocenters. The van der Waals surface area contributed by atoms with Crippen molar-refractivity contribution in [2.45, 2.75) is 39.5 Å². The van der Waals surface area contributed by atoms with Gasteiger partial charge in [-0.2, -0.15) is 0 Å². The maximum atomic E-state index is 5.81. The monoisotopic (exact) mass is 493 g/mol. The summed E-state index contributed by atoms with van der Waals surface area (Å²) < 4.78 is 0. The van der Waals surface area contributed by atoms with Crippen LogP contribution in [0.2, 0.25) is 5.15 Å². The molecule has 2 rings (SSSR count). The quantitative estimate of drug-likeness (QED) is 0.191.